The quantitative estimate of drug-likeness (QED) is 0.308. The summed E-state index contributed by atoms with van der Waals surface area (Å²) in [7, 11) is -4.67. The van der Waals surface area contributed by atoms with Crippen molar-refractivity contribution < 1.29 is 34.3 Å². The maximum absolute atomic E-state index is 9.74. The number of aliphatic hydroxyl groups is 3. The summed E-state index contributed by atoms with van der Waals surface area (Å²) in [6.45, 7) is 6.81. The highest BCUT2D eigenvalue weighted by Crippen LogP contribution is 2.44. The van der Waals surface area contributed by atoms with E-state index in [2.05, 4.69) is 24.8 Å². The second-order valence-corrected chi connectivity index (χ2v) is 8.28. The number of hydrogen-bond acceptors (Lipinski definition) is 7. The topological polar surface area (TPSA) is 165 Å². The SMILES string of the molecule is Cc1cc2c(cc1N)C(CO)CC(C)(C)N2CCC(O)CO.O=S(=O)(O)O.[HH]. The van der Waals surface area contributed by atoms with E-state index in [9.17, 15) is 10.2 Å². The van der Waals surface area contributed by atoms with E-state index in [4.69, 9.17) is 28.4 Å². The minimum atomic E-state index is -4.67. The van der Waals surface area contributed by atoms with Crippen LogP contribution in [0.15, 0.2) is 12.1 Å². The lowest BCUT2D eigenvalue weighted by Crippen LogP contribution is -2.50. The Morgan fingerprint density at radius 2 is 1.89 bits per heavy atom. The zero-order chi connectivity index (χ0) is 21.0. The number of hydrogen-bond donors (Lipinski definition) is 6. The predicted octanol–water partition coefficient (Wildman–Crippen LogP) is 0.978. The minimum Gasteiger partial charge on any atom is -0.399 e. The van der Waals surface area contributed by atoms with Crippen molar-refractivity contribution in [3.05, 3.63) is 23.3 Å². The van der Waals surface area contributed by atoms with Crippen molar-refractivity contribution in [3.63, 3.8) is 0 Å². The van der Waals surface area contributed by atoms with E-state index in [1.165, 1.54) is 0 Å². The van der Waals surface area contributed by atoms with Gasteiger partial charge in [0.25, 0.3) is 0 Å². The van der Waals surface area contributed by atoms with Gasteiger partial charge < -0.3 is 26.0 Å². The Morgan fingerprint density at radius 1 is 1.33 bits per heavy atom. The van der Waals surface area contributed by atoms with Crippen LogP contribution in [0.25, 0.3) is 0 Å². The molecule has 10 heteroatoms. The van der Waals surface area contributed by atoms with E-state index in [0.717, 1.165) is 28.9 Å². The molecule has 0 aromatic heterocycles. The van der Waals surface area contributed by atoms with E-state index in [1.807, 2.05) is 13.0 Å². The molecule has 1 aliphatic rings. The third-order valence-corrected chi connectivity index (χ3v) is 4.74. The van der Waals surface area contributed by atoms with Crippen LogP contribution in [0, 0.1) is 6.92 Å². The Balaban J connectivity index is 0.00000108. The molecule has 1 aromatic rings. The van der Waals surface area contributed by atoms with Crippen molar-refractivity contribution >= 4 is 21.8 Å². The van der Waals surface area contributed by atoms with Gasteiger partial charge in [-0.15, -0.1) is 0 Å². The Labute approximate surface area is 161 Å². The van der Waals surface area contributed by atoms with Crippen LogP contribution >= 0.6 is 0 Å². The number of nitrogens with two attached hydrogens (primary N) is 1. The summed E-state index contributed by atoms with van der Waals surface area (Å²) in [6.07, 6.45) is 0.630. The summed E-state index contributed by atoms with van der Waals surface area (Å²) in [5, 5.41) is 28.4. The fourth-order valence-corrected chi connectivity index (χ4v) is 3.39. The molecule has 27 heavy (non-hydrogen) atoms. The van der Waals surface area contributed by atoms with E-state index in [-0.39, 0.29) is 26.1 Å². The number of anilines is 2. The van der Waals surface area contributed by atoms with Crippen molar-refractivity contribution in [2.45, 2.75) is 51.2 Å². The lowest BCUT2D eigenvalue weighted by molar-refractivity contribution is 0.0882. The third-order valence-electron chi connectivity index (χ3n) is 4.74. The molecule has 0 spiro atoms. The van der Waals surface area contributed by atoms with E-state index >= 15 is 0 Å². The van der Waals surface area contributed by atoms with Crippen LogP contribution in [0.4, 0.5) is 11.4 Å². The van der Waals surface area contributed by atoms with Gasteiger partial charge in [-0.05, 0) is 56.9 Å². The second kappa shape index (κ2) is 9.18. The van der Waals surface area contributed by atoms with Crippen LogP contribution in [0.3, 0.4) is 0 Å². The van der Waals surface area contributed by atoms with Gasteiger partial charge in [-0.2, -0.15) is 8.42 Å². The van der Waals surface area contributed by atoms with Crippen LogP contribution < -0.4 is 10.6 Å². The zero-order valence-corrected chi connectivity index (χ0v) is 16.6. The van der Waals surface area contributed by atoms with Crippen molar-refractivity contribution in [2.75, 3.05) is 30.4 Å². The Morgan fingerprint density at radius 3 is 2.37 bits per heavy atom. The first-order valence-electron chi connectivity index (χ1n) is 8.57. The van der Waals surface area contributed by atoms with Gasteiger partial charge in [-0.1, -0.05) is 0 Å². The number of benzene rings is 1. The maximum atomic E-state index is 9.74. The first-order chi connectivity index (χ1) is 12.3. The normalized spacial score (nSPS) is 19.7. The Hall–Kier alpha value is -1.43. The van der Waals surface area contributed by atoms with Gasteiger partial charge in [0.2, 0.25) is 0 Å². The predicted molar refractivity (Wildman–Crippen MR) is 105 cm³/mol. The Kier molecular flexibility index (Phi) is 8.02. The van der Waals surface area contributed by atoms with E-state index in [1.54, 1.807) is 0 Å². The first-order valence-corrected chi connectivity index (χ1v) is 9.97. The molecule has 0 saturated carbocycles. The number of aliphatic hydroxyl groups excluding tert-OH is 3. The maximum Gasteiger partial charge on any atom is 0.394 e. The fourth-order valence-electron chi connectivity index (χ4n) is 3.39. The monoisotopic (exact) mass is 408 g/mol. The van der Waals surface area contributed by atoms with Gasteiger partial charge >= 0.3 is 10.4 Å². The van der Waals surface area contributed by atoms with E-state index in [0.29, 0.717) is 13.0 Å². The second-order valence-electron chi connectivity index (χ2n) is 7.39. The molecule has 0 bridgehead atoms. The standard InChI is InChI=1S/C17H28N2O3.H2O4S.H2/c1-11-6-16-14(7-15(11)18)12(9-20)8-17(2,3)19(16)5-4-13(22)10-21;1-5(2,3)4;/h6-7,12-13,20-22H,4-5,8-10,18H2,1-3H3;(H2,1,2,3,4);1H. The molecule has 2 unspecified atom stereocenters. The first kappa shape index (κ1) is 23.6. The van der Waals surface area contributed by atoms with Gasteiger partial charge in [-0.3, -0.25) is 9.11 Å². The molecule has 7 N–H and O–H groups in total. The highest BCUT2D eigenvalue weighted by molar-refractivity contribution is 7.79. The number of rotatable bonds is 5. The molecule has 2 rings (SSSR count). The zero-order valence-electron chi connectivity index (χ0n) is 15.8. The molecular weight excluding hydrogens is 376 g/mol. The smallest absolute Gasteiger partial charge is 0.394 e. The molecular formula is C17H32N2O7S. The van der Waals surface area contributed by atoms with Gasteiger partial charge in [0.15, 0.2) is 0 Å². The molecule has 0 saturated heterocycles. The summed E-state index contributed by atoms with van der Waals surface area (Å²) in [4.78, 5) is 2.26. The molecule has 1 heterocycles. The van der Waals surface area contributed by atoms with Crippen molar-refractivity contribution in [1.82, 2.24) is 0 Å². The number of nitrogens with zero attached hydrogens (tertiary/aromatic N) is 1. The lowest BCUT2D eigenvalue weighted by atomic mass is 9.78. The summed E-state index contributed by atoms with van der Waals surface area (Å²) < 4.78 is 31.6. The van der Waals surface area contributed by atoms with Gasteiger partial charge in [0, 0.05) is 30.8 Å². The molecule has 0 aliphatic carbocycles. The average molecular weight is 409 g/mol. The van der Waals surface area contributed by atoms with Crippen molar-refractivity contribution in [3.8, 4) is 0 Å². The molecule has 1 aliphatic heterocycles. The molecule has 9 nitrogen and oxygen atoms in total. The summed E-state index contributed by atoms with van der Waals surface area (Å²) in [5.41, 5.74) is 9.82. The number of aryl methyl sites for hydroxylation is 1. The summed E-state index contributed by atoms with van der Waals surface area (Å²) in [6, 6.07) is 4.04. The number of fused-ring (bicyclic) bond motifs is 1. The van der Waals surface area contributed by atoms with Gasteiger partial charge in [0.1, 0.15) is 0 Å². The molecule has 0 amide bonds. The minimum absolute atomic E-state index is 0. The van der Waals surface area contributed by atoms with Crippen molar-refractivity contribution in [2.24, 2.45) is 0 Å². The van der Waals surface area contributed by atoms with E-state index < -0.39 is 16.5 Å². The highest BCUT2D eigenvalue weighted by atomic mass is 32.3. The molecule has 2 atom stereocenters. The summed E-state index contributed by atoms with van der Waals surface area (Å²) in [5.74, 6) is 0.0758. The average Bonchev–Trinajstić information content (AvgIpc) is 2.53. The molecule has 158 valence electrons. The molecule has 0 radical (unpaired) electrons. The van der Waals surface area contributed by atoms with Crippen LogP contribution in [0.5, 0.6) is 0 Å². The highest BCUT2D eigenvalue weighted by Gasteiger charge is 2.38. The fraction of sp³-hybridized carbons (Fsp3) is 0.647. The van der Waals surface area contributed by atoms with Gasteiger partial charge in [-0.25, -0.2) is 0 Å². The third kappa shape index (κ3) is 6.91. The van der Waals surface area contributed by atoms with Crippen LogP contribution in [0.1, 0.15) is 45.2 Å². The van der Waals surface area contributed by atoms with Crippen LogP contribution in [-0.2, 0) is 10.4 Å². The van der Waals surface area contributed by atoms with Crippen molar-refractivity contribution in [1.29, 1.82) is 0 Å². The lowest BCUT2D eigenvalue weighted by Gasteiger charge is -2.48. The number of nitrogen functional groups attached to an aromatic ring is 1. The van der Waals surface area contributed by atoms with Crippen LogP contribution in [-0.4, -0.2) is 64.2 Å². The Bertz CT molecular complexity index is 735. The largest absolute Gasteiger partial charge is 0.399 e. The molecule has 0 fully saturated rings. The molecule has 1 aromatic carbocycles. The van der Waals surface area contributed by atoms with Gasteiger partial charge in [0.05, 0.1) is 19.3 Å². The summed E-state index contributed by atoms with van der Waals surface area (Å²) >= 11 is 0. The van der Waals surface area contributed by atoms with Crippen LogP contribution in [0.2, 0.25) is 0 Å².